The summed E-state index contributed by atoms with van der Waals surface area (Å²) in [7, 11) is 6.54. The molecule has 5 saturated carbocycles. The Morgan fingerprint density at radius 2 is 1.83 bits per heavy atom. The van der Waals surface area contributed by atoms with Crippen LogP contribution < -0.4 is 4.90 Å². The standard InChI is InChI=1S/C35H44N2O10/c1-17-12-24(38)37(29(17)39)21-9-7-6-8-18(21)30(40)47-16-32-11-10-23(44-3)34-20-13-19-22(43-2)14-33(41,25(20)26(19)45-4)35(42,31(34)36-15-32)28(46-5)27(32)34/h6-9,15,17,19-20,22-23,25-28,31,41-42H,10-14,16H2,1-5H3/t17-,19-,20-,22-,23?,25+,26-,27+,28-,31?,32-,33+,34?,35?/m0/s1. The highest BCUT2D eigenvalue weighted by Crippen LogP contribution is 2.79. The predicted molar refractivity (Wildman–Crippen MR) is 166 cm³/mol. The molecule has 0 radical (unpaired) electrons. The van der Waals surface area contributed by atoms with Gasteiger partial charge in [0.2, 0.25) is 11.8 Å². The molecule has 7 bridgehead atoms. The first kappa shape index (κ1) is 31.5. The Hall–Kier alpha value is -2.74. The van der Waals surface area contributed by atoms with E-state index in [9.17, 15) is 24.6 Å². The number of amides is 2. The van der Waals surface area contributed by atoms with Crippen molar-refractivity contribution >= 4 is 29.7 Å². The maximum Gasteiger partial charge on any atom is 0.340 e. The van der Waals surface area contributed by atoms with Crippen molar-refractivity contribution in [3.05, 3.63) is 29.8 Å². The van der Waals surface area contributed by atoms with Gasteiger partial charge in [0, 0.05) is 82.0 Å². The van der Waals surface area contributed by atoms with Gasteiger partial charge in [-0.05, 0) is 37.3 Å². The van der Waals surface area contributed by atoms with Crippen LogP contribution in [-0.4, -0.2) is 111 Å². The Morgan fingerprint density at radius 1 is 1.06 bits per heavy atom. The van der Waals surface area contributed by atoms with E-state index in [0.29, 0.717) is 19.3 Å². The van der Waals surface area contributed by atoms with Gasteiger partial charge in [0.25, 0.3) is 0 Å². The van der Waals surface area contributed by atoms with Gasteiger partial charge in [0.05, 0.1) is 41.7 Å². The van der Waals surface area contributed by atoms with Crippen LogP contribution in [0.25, 0.3) is 0 Å². The van der Waals surface area contributed by atoms with Gasteiger partial charge in [0.15, 0.2) is 0 Å². The van der Waals surface area contributed by atoms with Crippen LogP contribution in [0.3, 0.4) is 0 Å². The minimum absolute atomic E-state index is 0.0187. The number of aliphatic imine (C=N–C) groups is 1. The van der Waals surface area contributed by atoms with Gasteiger partial charge in [-0.1, -0.05) is 19.1 Å². The Morgan fingerprint density at radius 3 is 2.49 bits per heavy atom. The molecule has 2 aliphatic heterocycles. The topological polar surface area (TPSA) is 153 Å². The molecule has 2 N–H and O–H groups in total. The number of methoxy groups -OCH3 is 4. The van der Waals surface area contributed by atoms with Crippen LogP contribution in [0.15, 0.2) is 29.3 Å². The molecular weight excluding hydrogens is 608 g/mol. The van der Waals surface area contributed by atoms with E-state index in [1.807, 2.05) is 6.21 Å². The number of esters is 1. The molecule has 1 spiro atoms. The molecule has 1 aromatic rings. The second kappa shape index (κ2) is 10.4. The summed E-state index contributed by atoms with van der Waals surface area (Å²) in [4.78, 5) is 45.7. The number of benzene rings is 1. The maximum absolute atomic E-state index is 13.9. The van der Waals surface area contributed by atoms with E-state index in [-0.39, 0.29) is 72.7 Å². The molecule has 12 heteroatoms. The van der Waals surface area contributed by atoms with Crippen molar-refractivity contribution in [3.8, 4) is 0 Å². The second-order valence-electron chi connectivity index (χ2n) is 15.0. The van der Waals surface area contributed by atoms with Crippen LogP contribution in [0.5, 0.6) is 0 Å². The van der Waals surface area contributed by atoms with Gasteiger partial charge in [0.1, 0.15) is 17.8 Å². The number of hydrogen-bond acceptors (Lipinski definition) is 11. The first-order valence-corrected chi connectivity index (χ1v) is 16.7. The Bertz CT molecular complexity index is 1550. The average Bonchev–Trinajstić information content (AvgIpc) is 3.58. The summed E-state index contributed by atoms with van der Waals surface area (Å²) in [5.74, 6) is -2.77. The number of nitrogens with zero attached hydrogens (tertiary/aromatic N) is 2. The first-order valence-electron chi connectivity index (χ1n) is 16.7. The third-order valence-electron chi connectivity index (χ3n) is 13.6. The van der Waals surface area contributed by atoms with Gasteiger partial charge in [-0.2, -0.15) is 0 Å². The van der Waals surface area contributed by atoms with Gasteiger partial charge in [-0.3, -0.25) is 14.6 Å². The molecule has 1 aromatic carbocycles. The summed E-state index contributed by atoms with van der Waals surface area (Å²) in [6.07, 6.45) is 2.21. The number of aliphatic hydroxyl groups is 2. The smallest absolute Gasteiger partial charge is 0.340 e. The van der Waals surface area contributed by atoms with Crippen LogP contribution in [0.2, 0.25) is 0 Å². The molecule has 2 amide bonds. The lowest BCUT2D eigenvalue weighted by Crippen LogP contribution is -2.77. The third-order valence-corrected chi connectivity index (χ3v) is 13.6. The van der Waals surface area contributed by atoms with Crippen LogP contribution >= 0.6 is 0 Å². The molecule has 2 heterocycles. The van der Waals surface area contributed by atoms with Crippen LogP contribution in [0, 0.1) is 40.4 Å². The van der Waals surface area contributed by atoms with Crippen molar-refractivity contribution in [2.75, 3.05) is 39.9 Å². The maximum atomic E-state index is 13.9. The zero-order valence-electron chi connectivity index (χ0n) is 27.5. The molecule has 1 saturated heterocycles. The van der Waals surface area contributed by atoms with E-state index < -0.39 is 57.9 Å². The second-order valence-corrected chi connectivity index (χ2v) is 15.0. The largest absolute Gasteiger partial charge is 0.461 e. The molecule has 254 valence electrons. The highest BCUT2D eigenvalue weighted by molar-refractivity contribution is 6.22. The summed E-state index contributed by atoms with van der Waals surface area (Å²) in [5.41, 5.74) is -4.67. The fourth-order valence-electron chi connectivity index (χ4n) is 12.1. The quantitative estimate of drug-likeness (QED) is 0.314. The van der Waals surface area contributed by atoms with Crippen molar-refractivity contribution in [2.45, 2.75) is 80.7 Å². The van der Waals surface area contributed by atoms with Gasteiger partial charge in [-0.15, -0.1) is 0 Å². The molecule has 5 aliphatic carbocycles. The number of carbonyl (C=O) groups excluding carboxylic acids is 3. The highest BCUT2D eigenvalue weighted by Gasteiger charge is 2.90. The highest BCUT2D eigenvalue weighted by atomic mass is 16.5. The number of carbonyl (C=O) groups is 3. The number of ether oxygens (including phenoxy) is 5. The average molecular weight is 653 g/mol. The lowest BCUT2D eigenvalue weighted by molar-refractivity contribution is -0.293. The molecule has 0 aromatic heterocycles. The molecule has 12 nitrogen and oxygen atoms in total. The molecule has 4 unspecified atom stereocenters. The molecule has 7 aliphatic rings. The zero-order valence-corrected chi connectivity index (χ0v) is 27.5. The Balaban J connectivity index is 1.20. The molecule has 14 atom stereocenters. The monoisotopic (exact) mass is 652 g/mol. The molecular formula is C35H44N2O10. The number of rotatable bonds is 8. The van der Waals surface area contributed by atoms with Gasteiger partial charge in [-0.25, -0.2) is 9.69 Å². The summed E-state index contributed by atoms with van der Waals surface area (Å²) in [5, 5.41) is 25.9. The van der Waals surface area contributed by atoms with E-state index in [1.165, 1.54) is 0 Å². The third kappa shape index (κ3) is 3.54. The van der Waals surface area contributed by atoms with Crippen molar-refractivity contribution in [1.29, 1.82) is 0 Å². The van der Waals surface area contributed by atoms with Crippen molar-refractivity contribution in [1.82, 2.24) is 0 Å². The predicted octanol–water partition coefficient (Wildman–Crippen LogP) is 1.78. The van der Waals surface area contributed by atoms with Crippen LogP contribution in [0.1, 0.15) is 49.4 Å². The summed E-state index contributed by atoms with van der Waals surface area (Å²) < 4.78 is 30.8. The normalized spacial score (nSPS) is 48.7. The zero-order chi connectivity index (χ0) is 33.3. The van der Waals surface area contributed by atoms with Crippen LogP contribution in [-0.2, 0) is 33.3 Å². The number of anilines is 1. The fourth-order valence-corrected chi connectivity index (χ4v) is 12.1. The SMILES string of the molecule is COC1CC[C@@]2(COC(=O)c3ccccc3N3C(=O)C[C@H](C)C3=O)C=NC3C14[C@H]1C[C@@H]5[C@H](OC)[C@@H]1[C@](O)(C[C@@H]5OC)C3(O)[C@@H](OC)[C@@H]42. The summed E-state index contributed by atoms with van der Waals surface area (Å²) >= 11 is 0. The van der Waals surface area contributed by atoms with Crippen LogP contribution in [0.4, 0.5) is 5.69 Å². The molecule has 6 fully saturated rings. The van der Waals surface area contributed by atoms with Crippen molar-refractivity contribution in [3.63, 3.8) is 0 Å². The summed E-state index contributed by atoms with van der Waals surface area (Å²) in [6, 6.07) is 5.78. The number of fused-ring (bicyclic) bond motifs is 2. The van der Waals surface area contributed by atoms with E-state index in [2.05, 4.69) is 0 Å². The van der Waals surface area contributed by atoms with Gasteiger partial charge >= 0.3 is 5.97 Å². The van der Waals surface area contributed by atoms with Crippen molar-refractivity contribution in [2.24, 2.45) is 45.4 Å². The number of imide groups is 1. The minimum atomic E-state index is -1.79. The first-order chi connectivity index (χ1) is 22.5. The van der Waals surface area contributed by atoms with E-state index in [4.69, 9.17) is 28.7 Å². The fraction of sp³-hybridized carbons (Fsp3) is 0.714. The van der Waals surface area contributed by atoms with Crippen molar-refractivity contribution < 1.29 is 48.3 Å². The number of hydrogen-bond donors (Lipinski definition) is 2. The molecule has 8 rings (SSSR count). The lowest BCUT2D eigenvalue weighted by Gasteiger charge is -2.65. The molecule has 47 heavy (non-hydrogen) atoms. The Labute approximate surface area is 273 Å². The van der Waals surface area contributed by atoms with E-state index in [1.54, 1.807) is 59.6 Å². The summed E-state index contributed by atoms with van der Waals surface area (Å²) in [6.45, 7) is 1.63. The number of para-hydroxylation sites is 1. The van der Waals surface area contributed by atoms with E-state index in [0.717, 1.165) is 4.90 Å². The van der Waals surface area contributed by atoms with E-state index >= 15 is 0 Å². The lowest BCUT2D eigenvalue weighted by atomic mass is 9.44. The van der Waals surface area contributed by atoms with Gasteiger partial charge < -0.3 is 33.9 Å². The Kier molecular flexibility index (Phi) is 6.96. The minimum Gasteiger partial charge on any atom is -0.461 e.